The number of pyridine rings is 1. The molecule has 11 heteroatoms. The van der Waals surface area contributed by atoms with Gasteiger partial charge < -0.3 is 29.7 Å². The van der Waals surface area contributed by atoms with Crippen LogP contribution in [0.1, 0.15) is 26.5 Å². The van der Waals surface area contributed by atoms with Crippen molar-refractivity contribution in [3.05, 3.63) is 54.6 Å². The highest BCUT2D eigenvalue weighted by molar-refractivity contribution is 5.80. The first-order valence-electron chi connectivity index (χ1n) is 12.2. The molecule has 198 valence electrons. The highest BCUT2D eigenvalue weighted by Crippen LogP contribution is 2.31. The summed E-state index contributed by atoms with van der Waals surface area (Å²) in [6.45, 7) is 7.34. The molecular formula is C27H31N7O4. The molecule has 11 nitrogen and oxygen atoms in total. The first-order chi connectivity index (χ1) is 18.2. The maximum absolute atomic E-state index is 12.6. The number of morpholine rings is 1. The number of methoxy groups -OCH3 is 1. The topological polar surface area (TPSA) is 135 Å². The number of rotatable bonds is 7. The number of nitrogens with one attached hydrogen (secondary N) is 2. The van der Waals surface area contributed by atoms with Crippen LogP contribution in [-0.2, 0) is 9.47 Å². The van der Waals surface area contributed by atoms with E-state index in [1.165, 1.54) is 12.4 Å². The zero-order chi connectivity index (χ0) is 27.1. The lowest BCUT2D eigenvalue weighted by atomic mass is 10.1. The van der Waals surface area contributed by atoms with Gasteiger partial charge in [0.2, 0.25) is 0 Å². The van der Waals surface area contributed by atoms with Gasteiger partial charge >= 0.3 is 6.09 Å². The molecule has 0 radical (unpaired) electrons. The maximum atomic E-state index is 12.6. The molecule has 0 spiro atoms. The lowest BCUT2D eigenvalue weighted by molar-refractivity contribution is -0.0371. The molecule has 1 saturated heterocycles. The molecule has 38 heavy (non-hydrogen) atoms. The van der Waals surface area contributed by atoms with Crippen LogP contribution in [0.25, 0.3) is 11.1 Å². The van der Waals surface area contributed by atoms with Crippen molar-refractivity contribution in [2.75, 3.05) is 44.0 Å². The number of aromatic nitrogens is 3. The summed E-state index contributed by atoms with van der Waals surface area (Å²) in [4.78, 5) is 27.0. The van der Waals surface area contributed by atoms with Gasteiger partial charge in [0, 0.05) is 36.6 Å². The first kappa shape index (κ1) is 26.6. The zero-order valence-corrected chi connectivity index (χ0v) is 21.9. The van der Waals surface area contributed by atoms with Crippen molar-refractivity contribution in [1.29, 1.82) is 5.26 Å². The SMILES string of the molecule is COc1ccc(-c2cnc(Nc3cnc(C#N)cn3)cc2NCC2CN(C(=O)OC(C)(C)C)CCO2)cc1. The van der Waals surface area contributed by atoms with Gasteiger partial charge in [-0.3, -0.25) is 0 Å². The summed E-state index contributed by atoms with van der Waals surface area (Å²) in [5.41, 5.74) is 2.31. The summed E-state index contributed by atoms with van der Waals surface area (Å²) in [7, 11) is 1.63. The van der Waals surface area contributed by atoms with E-state index < -0.39 is 5.60 Å². The van der Waals surface area contributed by atoms with E-state index in [4.69, 9.17) is 19.5 Å². The molecule has 1 atom stereocenters. The van der Waals surface area contributed by atoms with Gasteiger partial charge in [-0.15, -0.1) is 0 Å². The Bertz CT molecular complexity index is 1280. The fourth-order valence-electron chi connectivity index (χ4n) is 3.81. The van der Waals surface area contributed by atoms with E-state index >= 15 is 0 Å². The van der Waals surface area contributed by atoms with Gasteiger partial charge in [-0.2, -0.15) is 5.26 Å². The molecule has 1 aromatic carbocycles. The minimum absolute atomic E-state index is 0.228. The lowest BCUT2D eigenvalue weighted by Gasteiger charge is -2.34. The van der Waals surface area contributed by atoms with Crippen LogP contribution in [0.5, 0.6) is 5.75 Å². The molecule has 3 aromatic rings. The molecule has 0 aliphatic carbocycles. The molecule has 1 aliphatic heterocycles. The first-order valence-corrected chi connectivity index (χ1v) is 12.2. The minimum atomic E-state index is -0.559. The Kier molecular flexibility index (Phi) is 8.23. The van der Waals surface area contributed by atoms with Gasteiger partial charge in [0.25, 0.3) is 0 Å². The quantitative estimate of drug-likeness (QED) is 0.469. The Morgan fingerprint density at radius 3 is 2.58 bits per heavy atom. The van der Waals surface area contributed by atoms with E-state index in [9.17, 15) is 4.79 Å². The smallest absolute Gasteiger partial charge is 0.410 e. The summed E-state index contributed by atoms with van der Waals surface area (Å²) in [6.07, 6.45) is 4.06. The largest absolute Gasteiger partial charge is 0.497 e. The summed E-state index contributed by atoms with van der Waals surface area (Å²) >= 11 is 0. The Hall–Kier alpha value is -4.43. The molecule has 4 rings (SSSR count). The van der Waals surface area contributed by atoms with Crippen LogP contribution in [0.2, 0.25) is 0 Å². The third-order valence-electron chi connectivity index (χ3n) is 5.64. The second-order valence-electron chi connectivity index (χ2n) is 9.67. The molecular weight excluding hydrogens is 486 g/mol. The number of nitriles is 1. The number of hydrogen-bond acceptors (Lipinski definition) is 10. The van der Waals surface area contributed by atoms with Crippen molar-refractivity contribution in [3.8, 4) is 22.9 Å². The van der Waals surface area contributed by atoms with Crippen molar-refractivity contribution in [1.82, 2.24) is 19.9 Å². The summed E-state index contributed by atoms with van der Waals surface area (Å²) in [6, 6.07) is 11.5. The van der Waals surface area contributed by atoms with Crippen molar-refractivity contribution in [2.24, 2.45) is 0 Å². The predicted octanol–water partition coefficient (Wildman–Crippen LogP) is 4.21. The van der Waals surface area contributed by atoms with Crippen LogP contribution >= 0.6 is 0 Å². The van der Waals surface area contributed by atoms with Crippen molar-refractivity contribution >= 4 is 23.4 Å². The van der Waals surface area contributed by atoms with Crippen LogP contribution in [0, 0.1) is 11.3 Å². The summed E-state index contributed by atoms with van der Waals surface area (Å²) < 4.78 is 16.7. The van der Waals surface area contributed by atoms with Crippen LogP contribution in [0.4, 0.5) is 22.1 Å². The molecule has 2 N–H and O–H groups in total. The van der Waals surface area contributed by atoms with Gasteiger partial charge in [-0.1, -0.05) is 12.1 Å². The average Bonchev–Trinajstić information content (AvgIpc) is 2.92. The second-order valence-corrected chi connectivity index (χ2v) is 9.67. The number of nitrogens with zero attached hydrogens (tertiary/aromatic N) is 5. The van der Waals surface area contributed by atoms with E-state index in [0.717, 1.165) is 22.6 Å². The third kappa shape index (κ3) is 7.08. The summed E-state index contributed by atoms with van der Waals surface area (Å²) in [5.74, 6) is 1.76. The maximum Gasteiger partial charge on any atom is 0.410 e. The standard InChI is InChI=1S/C27H31N7O4/c1-27(2,3)38-26(35)34-9-10-37-21(17-34)14-30-23-11-24(33-25-16-29-19(12-28)13-31-25)32-15-22(23)18-5-7-20(36-4)8-6-18/h5-8,11,13,15-16,21H,9-10,14,17H2,1-4H3,(H2,30,31,32,33). The number of ether oxygens (including phenoxy) is 3. The fraction of sp³-hybridized carbons (Fsp3) is 0.370. The Balaban J connectivity index is 1.52. The molecule has 3 heterocycles. The van der Waals surface area contributed by atoms with Crippen LogP contribution in [0.3, 0.4) is 0 Å². The number of hydrogen-bond donors (Lipinski definition) is 2. The highest BCUT2D eigenvalue weighted by atomic mass is 16.6. The van der Waals surface area contributed by atoms with E-state index in [2.05, 4.69) is 25.6 Å². The second kappa shape index (κ2) is 11.7. The number of carbonyl (C=O) groups excluding carboxylic acids is 1. The number of anilines is 3. The molecule has 1 unspecified atom stereocenters. The molecule has 1 aliphatic rings. The van der Waals surface area contributed by atoms with Crippen molar-refractivity contribution in [3.63, 3.8) is 0 Å². The lowest BCUT2D eigenvalue weighted by Crippen LogP contribution is -2.49. The van der Waals surface area contributed by atoms with E-state index in [1.54, 1.807) is 18.2 Å². The number of carbonyl (C=O) groups is 1. The van der Waals surface area contributed by atoms with Crippen LogP contribution in [0.15, 0.2) is 48.9 Å². The molecule has 0 saturated carbocycles. The monoisotopic (exact) mass is 517 g/mol. The molecule has 2 aromatic heterocycles. The van der Waals surface area contributed by atoms with Crippen LogP contribution in [-0.4, -0.2) is 71.0 Å². The van der Waals surface area contributed by atoms with Gasteiger partial charge in [0.1, 0.15) is 29.1 Å². The van der Waals surface area contributed by atoms with Crippen molar-refractivity contribution < 1.29 is 19.0 Å². The van der Waals surface area contributed by atoms with Gasteiger partial charge in [0.05, 0.1) is 38.8 Å². The molecule has 1 fully saturated rings. The van der Waals surface area contributed by atoms with Crippen LogP contribution < -0.4 is 15.4 Å². The predicted molar refractivity (Wildman–Crippen MR) is 142 cm³/mol. The average molecular weight is 518 g/mol. The van der Waals surface area contributed by atoms with Crippen molar-refractivity contribution in [2.45, 2.75) is 32.5 Å². The minimum Gasteiger partial charge on any atom is -0.497 e. The normalized spacial score (nSPS) is 15.3. The summed E-state index contributed by atoms with van der Waals surface area (Å²) in [5, 5.41) is 15.5. The van der Waals surface area contributed by atoms with E-state index in [0.29, 0.717) is 37.9 Å². The Morgan fingerprint density at radius 2 is 1.92 bits per heavy atom. The fourth-order valence-corrected chi connectivity index (χ4v) is 3.81. The molecule has 0 bridgehead atoms. The zero-order valence-electron chi connectivity index (χ0n) is 21.9. The Labute approximate surface area is 221 Å². The number of benzene rings is 1. The van der Waals surface area contributed by atoms with Gasteiger partial charge in [0.15, 0.2) is 5.69 Å². The van der Waals surface area contributed by atoms with E-state index in [1.807, 2.05) is 57.2 Å². The Morgan fingerprint density at radius 1 is 1.16 bits per heavy atom. The van der Waals surface area contributed by atoms with E-state index in [-0.39, 0.29) is 17.9 Å². The van der Waals surface area contributed by atoms with Gasteiger partial charge in [-0.05, 0) is 38.5 Å². The third-order valence-corrected chi connectivity index (χ3v) is 5.64. The molecule has 1 amide bonds. The highest BCUT2D eigenvalue weighted by Gasteiger charge is 2.28. The van der Waals surface area contributed by atoms with Gasteiger partial charge in [-0.25, -0.2) is 19.7 Å². The number of amides is 1.